The lowest BCUT2D eigenvalue weighted by Crippen LogP contribution is -2.40. The minimum Gasteiger partial charge on any atom is -0.504 e. The zero-order valence-corrected chi connectivity index (χ0v) is 25.9. The van der Waals surface area contributed by atoms with Crippen molar-refractivity contribution in [3.63, 3.8) is 0 Å². The van der Waals surface area contributed by atoms with Gasteiger partial charge in [-0.15, -0.1) is 0 Å². The molecule has 2 aliphatic rings. The van der Waals surface area contributed by atoms with E-state index < -0.39 is 18.3 Å². The van der Waals surface area contributed by atoms with Crippen molar-refractivity contribution in [1.82, 2.24) is 0 Å². The molecule has 0 amide bonds. The Balaban J connectivity index is 1.54. The van der Waals surface area contributed by atoms with E-state index in [9.17, 15) is 25.2 Å². The molecule has 0 fully saturated rings. The molecule has 10 nitrogen and oxygen atoms in total. The molecule has 1 aliphatic carbocycles. The highest BCUT2D eigenvalue weighted by Crippen LogP contribution is 2.45. The zero-order chi connectivity index (χ0) is 32.8. The number of aliphatic hydroxyl groups is 2. The summed E-state index contributed by atoms with van der Waals surface area (Å²) in [5.41, 5.74) is 15.7. The SMILES string of the molecule is COc1c(O)ccc2c1C#CCc1cc(c3c(c1O)O[C@H](O)[C@@H]([C@H](CN=C(N)N)Cc1ccccc1)C3)CC[C@@H](O)CC(=O)CC2. The van der Waals surface area contributed by atoms with Crippen molar-refractivity contribution in [3.05, 3.63) is 81.9 Å². The molecule has 10 heteroatoms. The van der Waals surface area contributed by atoms with Crippen LogP contribution in [0.5, 0.6) is 23.0 Å². The summed E-state index contributed by atoms with van der Waals surface area (Å²) in [6.45, 7) is 0.272. The molecule has 1 aliphatic heterocycles. The Kier molecular flexibility index (Phi) is 10.4. The fraction of sp³-hybridized carbons (Fsp3) is 0.389. The molecule has 3 aromatic carbocycles. The van der Waals surface area contributed by atoms with Gasteiger partial charge in [0.1, 0.15) is 5.78 Å². The smallest absolute Gasteiger partial charge is 0.201 e. The maximum absolute atomic E-state index is 12.8. The van der Waals surface area contributed by atoms with Gasteiger partial charge in [-0.2, -0.15) is 0 Å². The number of aromatic hydroxyl groups is 2. The Morgan fingerprint density at radius 3 is 2.57 bits per heavy atom. The molecule has 0 spiro atoms. The maximum atomic E-state index is 12.8. The van der Waals surface area contributed by atoms with Crippen LogP contribution in [0, 0.1) is 23.7 Å². The van der Waals surface area contributed by atoms with Gasteiger partial charge in [0.15, 0.2) is 29.0 Å². The number of aryl methyl sites for hydroxylation is 2. The number of phenolic OH excluding ortho intramolecular Hbond substituents is 2. The molecule has 1 heterocycles. The Hall–Kier alpha value is -4.72. The number of carbonyl (C=O) groups is 1. The number of phenols is 2. The Morgan fingerprint density at radius 1 is 1.04 bits per heavy atom. The monoisotopic (exact) mass is 627 g/mol. The van der Waals surface area contributed by atoms with Crippen molar-refractivity contribution in [2.75, 3.05) is 13.7 Å². The van der Waals surface area contributed by atoms with E-state index in [1.807, 2.05) is 36.4 Å². The molecule has 0 unspecified atom stereocenters. The molecule has 46 heavy (non-hydrogen) atoms. The number of Topliss-reactive ketones (excluding diaryl/α,β-unsaturated/α-hetero) is 1. The summed E-state index contributed by atoms with van der Waals surface area (Å²) in [6.07, 6.45) is 0.307. The lowest BCUT2D eigenvalue weighted by molar-refractivity contribution is -0.121. The van der Waals surface area contributed by atoms with Gasteiger partial charge in [0.2, 0.25) is 6.29 Å². The average molecular weight is 628 g/mol. The van der Waals surface area contributed by atoms with E-state index in [4.69, 9.17) is 20.9 Å². The standard InChI is InChI=1S/C36H41N3O7/c1-45-33-28-9-5-8-24-17-23(11-14-27(41)18-26(40)13-10-22(28)12-15-31(33)42)29-19-30(35(44)46-34(29)32(24)43)25(20-39-36(37)38)16-21-6-3-2-4-7-21/h2-4,6-7,12,15,17,25,27,30,35,41-44H,8,10-11,13-14,16,18-20H2,1H3,(H4,37,38,39)/t25-,27+,30+,35-/m0/s1. The third-order valence-corrected chi connectivity index (χ3v) is 8.83. The second-order valence-corrected chi connectivity index (χ2v) is 12.0. The van der Waals surface area contributed by atoms with Crippen molar-refractivity contribution < 1.29 is 34.7 Å². The van der Waals surface area contributed by atoms with Crippen LogP contribution in [0.3, 0.4) is 0 Å². The molecular weight excluding hydrogens is 586 g/mol. The van der Waals surface area contributed by atoms with Crippen LogP contribution in [-0.4, -0.2) is 58.2 Å². The normalized spacial score (nSPS) is 20.3. The van der Waals surface area contributed by atoms with Crippen LogP contribution in [0.4, 0.5) is 0 Å². The summed E-state index contributed by atoms with van der Waals surface area (Å²) < 4.78 is 11.5. The van der Waals surface area contributed by atoms with E-state index in [1.54, 1.807) is 6.07 Å². The number of nitrogens with two attached hydrogens (primary N) is 2. The first kappa shape index (κ1) is 32.7. The Labute approximate surface area is 268 Å². The number of carbonyl (C=O) groups excluding carboxylic acids is 1. The largest absolute Gasteiger partial charge is 0.504 e. The fourth-order valence-corrected chi connectivity index (χ4v) is 6.40. The predicted molar refractivity (Wildman–Crippen MR) is 174 cm³/mol. The predicted octanol–water partition coefficient (Wildman–Crippen LogP) is 2.90. The van der Waals surface area contributed by atoms with Gasteiger partial charge in [-0.3, -0.25) is 9.79 Å². The lowest BCUT2D eigenvalue weighted by atomic mass is 9.78. The quantitative estimate of drug-likeness (QED) is 0.136. The lowest BCUT2D eigenvalue weighted by Gasteiger charge is -2.36. The van der Waals surface area contributed by atoms with Crippen molar-refractivity contribution in [1.29, 1.82) is 0 Å². The molecule has 2 bridgehead atoms. The third-order valence-electron chi connectivity index (χ3n) is 8.83. The van der Waals surface area contributed by atoms with Crippen molar-refractivity contribution >= 4 is 11.7 Å². The van der Waals surface area contributed by atoms with E-state index in [2.05, 4.69) is 16.8 Å². The number of rotatable bonds is 6. The molecule has 242 valence electrons. The zero-order valence-electron chi connectivity index (χ0n) is 25.9. The maximum Gasteiger partial charge on any atom is 0.201 e. The van der Waals surface area contributed by atoms with Crippen LogP contribution in [0.15, 0.2) is 53.5 Å². The Bertz CT molecular complexity index is 1660. The molecule has 5 rings (SSSR count). The molecule has 0 saturated heterocycles. The Morgan fingerprint density at radius 2 is 1.83 bits per heavy atom. The number of guanidine groups is 1. The van der Waals surface area contributed by atoms with Crippen LogP contribution >= 0.6 is 0 Å². The highest BCUT2D eigenvalue weighted by molar-refractivity contribution is 5.79. The van der Waals surface area contributed by atoms with E-state index in [0.29, 0.717) is 43.2 Å². The summed E-state index contributed by atoms with van der Waals surface area (Å²) in [5, 5.41) is 44.0. The van der Waals surface area contributed by atoms with Gasteiger partial charge in [-0.25, -0.2) is 0 Å². The van der Waals surface area contributed by atoms with Gasteiger partial charge < -0.3 is 41.4 Å². The first-order chi connectivity index (χ1) is 22.1. The highest BCUT2D eigenvalue weighted by Gasteiger charge is 2.38. The molecule has 4 atom stereocenters. The van der Waals surface area contributed by atoms with Gasteiger partial charge in [0, 0.05) is 42.9 Å². The summed E-state index contributed by atoms with van der Waals surface area (Å²) >= 11 is 0. The molecule has 0 radical (unpaired) electrons. The van der Waals surface area contributed by atoms with Gasteiger partial charge >= 0.3 is 0 Å². The van der Waals surface area contributed by atoms with Gasteiger partial charge in [-0.1, -0.05) is 54.3 Å². The molecule has 3 aromatic rings. The summed E-state index contributed by atoms with van der Waals surface area (Å²) in [7, 11) is 1.44. The number of fused-ring (bicyclic) bond motifs is 5. The molecule has 0 aromatic heterocycles. The summed E-state index contributed by atoms with van der Waals surface area (Å²) in [6, 6.07) is 14.9. The average Bonchev–Trinajstić information content (AvgIpc) is 3.03. The number of ether oxygens (including phenoxy) is 2. The van der Waals surface area contributed by atoms with Gasteiger partial charge in [-0.05, 0) is 60.8 Å². The van der Waals surface area contributed by atoms with E-state index >= 15 is 0 Å². The van der Waals surface area contributed by atoms with Crippen molar-refractivity contribution in [3.8, 4) is 34.8 Å². The van der Waals surface area contributed by atoms with Crippen LogP contribution in [0.2, 0.25) is 0 Å². The molecular formula is C36H41N3O7. The number of nitrogens with zero attached hydrogens (tertiary/aromatic N) is 1. The number of ketones is 1. The fourth-order valence-electron chi connectivity index (χ4n) is 6.40. The number of methoxy groups -OCH3 is 1. The topological polar surface area (TPSA) is 181 Å². The summed E-state index contributed by atoms with van der Waals surface area (Å²) in [4.78, 5) is 17.1. The minimum atomic E-state index is -1.24. The number of aliphatic hydroxyl groups excluding tert-OH is 2. The van der Waals surface area contributed by atoms with Gasteiger partial charge in [0.25, 0.3) is 0 Å². The van der Waals surface area contributed by atoms with E-state index in [1.165, 1.54) is 13.2 Å². The van der Waals surface area contributed by atoms with Crippen LogP contribution < -0.4 is 20.9 Å². The number of benzene rings is 3. The van der Waals surface area contributed by atoms with Crippen molar-refractivity contribution in [2.45, 2.75) is 63.8 Å². The number of hydrogen-bond acceptors (Lipinski definition) is 8. The molecule has 0 saturated carbocycles. The van der Waals surface area contributed by atoms with Gasteiger partial charge in [0.05, 0.1) is 18.8 Å². The number of aliphatic imine (C=N–C) groups is 1. The third kappa shape index (κ3) is 7.56. The summed E-state index contributed by atoms with van der Waals surface area (Å²) in [5.74, 6) is 5.65. The second kappa shape index (κ2) is 14.6. The van der Waals surface area contributed by atoms with Crippen LogP contribution in [-0.2, 0) is 36.9 Å². The van der Waals surface area contributed by atoms with Crippen LogP contribution in [0.25, 0.3) is 0 Å². The number of hydrogen-bond donors (Lipinski definition) is 6. The minimum absolute atomic E-state index is 0.00113. The first-order valence-corrected chi connectivity index (χ1v) is 15.5. The van der Waals surface area contributed by atoms with Crippen molar-refractivity contribution in [2.24, 2.45) is 28.3 Å². The second-order valence-electron chi connectivity index (χ2n) is 12.0. The van der Waals surface area contributed by atoms with Crippen LogP contribution in [0.1, 0.15) is 52.6 Å². The van der Waals surface area contributed by atoms with E-state index in [0.717, 1.165) is 22.3 Å². The molecule has 8 N–H and O–H groups in total. The van der Waals surface area contributed by atoms with E-state index in [-0.39, 0.29) is 66.5 Å². The highest BCUT2D eigenvalue weighted by atomic mass is 16.6. The first-order valence-electron chi connectivity index (χ1n) is 15.5.